The molecule has 0 amide bonds. The van der Waals surface area contributed by atoms with Gasteiger partial charge in [0, 0.05) is 6.07 Å². The van der Waals surface area contributed by atoms with Gasteiger partial charge in [-0.25, -0.2) is 4.57 Å². The minimum Gasteiger partial charge on any atom is -0.217 e. The SMILES string of the molecule is C1=CC2=Nc3cccc[n+]3C2C=C1. The molecule has 2 heterocycles. The fraction of sp³-hybridized carbons (Fsp3) is 0.0909. The molecule has 62 valence electrons. The van der Waals surface area contributed by atoms with E-state index in [0.29, 0.717) is 6.04 Å². The van der Waals surface area contributed by atoms with Gasteiger partial charge in [0.15, 0.2) is 6.04 Å². The largest absolute Gasteiger partial charge is 0.324 e. The average molecular weight is 169 g/mol. The number of hydrogen-bond acceptors (Lipinski definition) is 1. The summed E-state index contributed by atoms with van der Waals surface area (Å²) >= 11 is 0. The molecule has 0 bridgehead atoms. The topological polar surface area (TPSA) is 16.2 Å². The average Bonchev–Trinajstić information content (AvgIpc) is 2.56. The Bertz CT molecular complexity index is 441. The molecule has 13 heavy (non-hydrogen) atoms. The fourth-order valence-electron chi connectivity index (χ4n) is 1.77. The molecular weight excluding hydrogens is 160 g/mol. The maximum atomic E-state index is 4.52. The summed E-state index contributed by atoms with van der Waals surface area (Å²) in [7, 11) is 0. The van der Waals surface area contributed by atoms with Gasteiger partial charge < -0.3 is 0 Å². The first-order chi connectivity index (χ1) is 6.45. The summed E-state index contributed by atoms with van der Waals surface area (Å²) in [6, 6.07) is 6.41. The van der Waals surface area contributed by atoms with Gasteiger partial charge in [0.05, 0.1) is 6.20 Å². The molecule has 0 saturated carbocycles. The lowest BCUT2D eigenvalue weighted by molar-refractivity contribution is -0.678. The normalized spacial score (nSPS) is 22.5. The van der Waals surface area contributed by atoms with E-state index in [1.54, 1.807) is 0 Å². The number of hydrogen-bond donors (Lipinski definition) is 0. The summed E-state index contributed by atoms with van der Waals surface area (Å²) in [6.07, 6.45) is 10.4. The zero-order chi connectivity index (χ0) is 8.67. The van der Waals surface area contributed by atoms with Crippen LogP contribution in [0.1, 0.15) is 6.04 Å². The van der Waals surface area contributed by atoms with E-state index in [-0.39, 0.29) is 0 Å². The highest BCUT2D eigenvalue weighted by Crippen LogP contribution is 2.22. The van der Waals surface area contributed by atoms with Crippen LogP contribution < -0.4 is 4.57 Å². The first kappa shape index (κ1) is 6.78. The molecule has 1 aliphatic carbocycles. The zero-order valence-electron chi connectivity index (χ0n) is 7.09. The van der Waals surface area contributed by atoms with Crippen LogP contribution in [0.4, 0.5) is 5.82 Å². The Balaban J connectivity index is 2.22. The molecule has 0 saturated heterocycles. The van der Waals surface area contributed by atoms with Crippen molar-refractivity contribution in [3.05, 3.63) is 48.7 Å². The number of nitrogens with zero attached hydrogens (tertiary/aromatic N) is 2. The molecule has 0 N–H and O–H groups in total. The molecule has 1 aliphatic heterocycles. The first-order valence-corrected chi connectivity index (χ1v) is 4.39. The number of pyridine rings is 1. The molecule has 0 fully saturated rings. The number of aliphatic imine (C=N–C) groups is 1. The Hall–Kier alpha value is -1.70. The Morgan fingerprint density at radius 3 is 3.23 bits per heavy atom. The molecule has 2 nitrogen and oxygen atoms in total. The van der Waals surface area contributed by atoms with Crippen molar-refractivity contribution < 1.29 is 4.57 Å². The van der Waals surface area contributed by atoms with Gasteiger partial charge in [0.1, 0.15) is 0 Å². The lowest BCUT2D eigenvalue weighted by Gasteiger charge is -2.04. The minimum atomic E-state index is 0.321. The van der Waals surface area contributed by atoms with Crippen molar-refractivity contribution in [2.75, 3.05) is 0 Å². The molecule has 1 aromatic rings. The third kappa shape index (κ3) is 0.886. The Labute approximate surface area is 76.6 Å². The quantitative estimate of drug-likeness (QED) is 0.526. The van der Waals surface area contributed by atoms with E-state index in [9.17, 15) is 0 Å². The molecule has 0 aromatic carbocycles. The van der Waals surface area contributed by atoms with Gasteiger partial charge in [0.2, 0.25) is 5.71 Å². The highest BCUT2D eigenvalue weighted by molar-refractivity contribution is 6.01. The summed E-state index contributed by atoms with van der Waals surface area (Å²) in [5.41, 5.74) is 1.13. The predicted molar refractivity (Wildman–Crippen MR) is 51.0 cm³/mol. The maximum absolute atomic E-state index is 4.52. The molecular formula is C11H9N2+. The first-order valence-electron chi connectivity index (χ1n) is 4.39. The highest BCUT2D eigenvalue weighted by atomic mass is 15.1. The third-order valence-corrected chi connectivity index (χ3v) is 2.39. The number of aromatic nitrogens is 1. The van der Waals surface area contributed by atoms with Crippen molar-refractivity contribution >= 4 is 11.5 Å². The van der Waals surface area contributed by atoms with Crippen LogP contribution in [-0.2, 0) is 0 Å². The van der Waals surface area contributed by atoms with Crippen LogP contribution in [0.5, 0.6) is 0 Å². The van der Waals surface area contributed by atoms with Crippen molar-refractivity contribution in [1.82, 2.24) is 0 Å². The molecule has 1 aromatic heterocycles. The Kier molecular flexibility index (Phi) is 1.25. The van der Waals surface area contributed by atoms with Crippen LogP contribution in [-0.4, -0.2) is 5.71 Å². The van der Waals surface area contributed by atoms with Gasteiger partial charge in [-0.15, -0.1) is 0 Å². The van der Waals surface area contributed by atoms with Crippen LogP contribution in [0.2, 0.25) is 0 Å². The van der Waals surface area contributed by atoms with Crippen LogP contribution in [0.15, 0.2) is 53.7 Å². The van der Waals surface area contributed by atoms with Gasteiger partial charge in [0.25, 0.3) is 0 Å². The second kappa shape index (κ2) is 2.39. The summed E-state index contributed by atoms with van der Waals surface area (Å²) in [6.45, 7) is 0. The van der Waals surface area contributed by atoms with E-state index in [1.165, 1.54) is 0 Å². The standard InChI is InChI=1S/C11H9N2/c1-2-6-10-9(5-1)12-11-7-3-4-8-13(10)11/h1-8,10H/q+1. The number of allylic oxidation sites excluding steroid dienone is 4. The van der Waals surface area contributed by atoms with Crippen molar-refractivity contribution in [2.45, 2.75) is 6.04 Å². The van der Waals surface area contributed by atoms with E-state index in [4.69, 9.17) is 0 Å². The molecule has 2 aliphatic rings. The van der Waals surface area contributed by atoms with Gasteiger partial charge in [-0.3, -0.25) is 0 Å². The smallest absolute Gasteiger partial charge is 0.217 e. The van der Waals surface area contributed by atoms with Crippen molar-refractivity contribution in [3.63, 3.8) is 0 Å². The predicted octanol–water partition coefficient (Wildman–Crippen LogP) is 1.73. The second-order valence-electron chi connectivity index (χ2n) is 3.19. The van der Waals surface area contributed by atoms with Crippen LogP contribution in [0.3, 0.4) is 0 Å². The van der Waals surface area contributed by atoms with Gasteiger partial charge in [-0.05, 0) is 23.2 Å². The van der Waals surface area contributed by atoms with E-state index in [1.807, 2.05) is 24.3 Å². The summed E-state index contributed by atoms with van der Waals surface area (Å²) in [4.78, 5) is 4.52. The second-order valence-corrected chi connectivity index (χ2v) is 3.19. The maximum Gasteiger partial charge on any atom is 0.324 e. The fourth-order valence-corrected chi connectivity index (χ4v) is 1.77. The monoisotopic (exact) mass is 169 g/mol. The molecule has 1 atom stereocenters. The van der Waals surface area contributed by atoms with E-state index >= 15 is 0 Å². The molecule has 0 radical (unpaired) electrons. The lowest BCUT2D eigenvalue weighted by atomic mass is 10.1. The Morgan fingerprint density at radius 1 is 1.23 bits per heavy atom. The third-order valence-electron chi connectivity index (χ3n) is 2.39. The lowest BCUT2D eigenvalue weighted by Crippen LogP contribution is -2.38. The van der Waals surface area contributed by atoms with Crippen LogP contribution in [0, 0.1) is 0 Å². The van der Waals surface area contributed by atoms with Crippen molar-refractivity contribution in [3.8, 4) is 0 Å². The van der Waals surface area contributed by atoms with Crippen molar-refractivity contribution in [2.24, 2.45) is 4.99 Å². The van der Waals surface area contributed by atoms with Crippen molar-refractivity contribution in [1.29, 1.82) is 0 Å². The highest BCUT2D eigenvalue weighted by Gasteiger charge is 2.32. The molecule has 3 rings (SSSR count). The Morgan fingerprint density at radius 2 is 2.23 bits per heavy atom. The van der Waals surface area contributed by atoms with E-state index in [0.717, 1.165) is 11.5 Å². The summed E-state index contributed by atoms with van der Waals surface area (Å²) in [5, 5.41) is 0. The number of fused-ring (bicyclic) bond motifs is 3. The van der Waals surface area contributed by atoms with Gasteiger partial charge in [-0.2, -0.15) is 0 Å². The van der Waals surface area contributed by atoms with Gasteiger partial charge in [-0.1, -0.05) is 18.2 Å². The summed E-state index contributed by atoms with van der Waals surface area (Å²) < 4.78 is 2.18. The zero-order valence-corrected chi connectivity index (χ0v) is 7.09. The van der Waals surface area contributed by atoms with Gasteiger partial charge >= 0.3 is 5.82 Å². The summed E-state index contributed by atoms with van der Waals surface area (Å²) in [5.74, 6) is 1.04. The van der Waals surface area contributed by atoms with Crippen LogP contribution in [0.25, 0.3) is 0 Å². The molecule has 2 heteroatoms. The van der Waals surface area contributed by atoms with Crippen LogP contribution >= 0.6 is 0 Å². The van der Waals surface area contributed by atoms with E-state index in [2.05, 4.69) is 34.0 Å². The van der Waals surface area contributed by atoms with E-state index < -0.39 is 0 Å². The minimum absolute atomic E-state index is 0.321. The molecule has 1 unspecified atom stereocenters. The number of rotatable bonds is 0. The molecule has 0 spiro atoms.